The van der Waals surface area contributed by atoms with Crippen molar-refractivity contribution in [2.75, 3.05) is 16.8 Å². The van der Waals surface area contributed by atoms with Crippen molar-refractivity contribution >= 4 is 51.9 Å². The van der Waals surface area contributed by atoms with Crippen LogP contribution in [0.4, 0.5) is 11.6 Å². The molecular weight excluding hydrogens is 365 g/mol. The van der Waals surface area contributed by atoms with Crippen LogP contribution in [0.15, 0.2) is 29.4 Å². The standard InChI is InChI=1S/C10H10IN5OS/c11-6-1-3-7(4-2-6)13-8(17)5-18-10-14-9(12)15-16-10/h1-4H,5H2,(H,13,17)(H3,12,14,15,16). The van der Waals surface area contributed by atoms with Crippen molar-refractivity contribution in [1.29, 1.82) is 0 Å². The summed E-state index contributed by atoms with van der Waals surface area (Å²) in [6, 6.07) is 7.57. The minimum absolute atomic E-state index is 0.107. The van der Waals surface area contributed by atoms with Gasteiger partial charge in [0.15, 0.2) is 0 Å². The molecule has 0 aliphatic heterocycles. The van der Waals surface area contributed by atoms with Crippen LogP contribution in [0.1, 0.15) is 0 Å². The van der Waals surface area contributed by atoms with E-state index in [0.29, 0.717) is 5.16 Å². The number of carbonyl (C=O) groups excluding carboxylic acids is 1. The van der Waals surface area contributed by atoms with E-state index < -0.39 is 0 Å². The van der Waals surface area contributed by atoms with Gasteiger partial charge in [-0.15, -0.1) is 5.10 Å². The van der Waals surface area contributed by atoms with Gasteiger partial charge in [0.05, 0.1) is 5.75 Å². The molecule has 1 amide bonds. The highest BCUT2D eigenvalue weighted by atomic mass is 127. The Morgan fingerprint density at radius 2 is 2.17 bits per heavy atom. The van der Waals surface area contributed by atoms with E-state index in [4.69, 9.17) is 5.73 Å². The molecule has 0 saturated carbocycles. The van der Waals surface area contributed by atoms with Gasteiger partial charge >= 0.3 is 0 Å². The molecule has 2 aromatic rings. The maximum absolute atomic E-state index is 11.6. The molecule has 0 aliphatic carbocycles. The van der Waals surface area contributed by atoms with Crippen LogP contribution < -0.4 is 11.1 Å². The van der Waals surface area contributed by atoms with Crippen LogP contribution in [0.5, 0.6) is 0 Å². The van der Waals surface area contributed by atoms with E-state index in [1.165, 1.54) is 11.8 Å². The van der Waals surface area contributed by atoms with E-state index >= 15 is 0 Å². The van der Waals surface area contributed by atoms with Crippen LogP contribution in [-0.4, -0.2) is 26.8 Å². The molecule has 0 aliphatic rings. The quantitative estimate of drug-likeness (QED) is 0.559. The smallest absolute Gasteiger partial charge is 0.234 e. The van der Waals surface area contributed by atoms with Crippen molar-refractivity contribution < 1.29 is 4.79 Å². The molecule has 18 heavy (non-hydrogen) atoms. The third-order valence-electron chi connectivity index (χ3n) is 1.94. The van der Waals surface area contributed by atoms with Gasteiger partial charge in [-0.05, 0) is 46.9 Å². The largest absolute Gasteiger partial charge is 0.368 e. The first-order valence-electron chi connectivity index (χ1n) is 4.99. The highest BCUT2D eigenvalue weighted by molar-refractivity contribution is 14.1. The molecule has 0 bridgehead atoms. The van der Waals surface area contributed by atoms with Gasteiger partial charge in [-0.1, -0.05) is 11.8 Å². The van der Waals surface area contributed by atoms with Crippen molar-refractivity contribution in [3.63, 3.8) is 0 Å². The molecular formula is C10H10IN5OS. The summed E-state index contributed by atoms with van der Waals surface area (Å²) in [5.41, 5.74) is 6.15. The molecule has 0 atom stereocenters. The van der Waals surface area contributed by atoms with E-state index in [9.17, 15) is 4.79 Å². The zero-order valence-electron chi connectivity index (χ0n) is 9.18. The Morgan fingerprint density at radius 1 is 1.44 bits per heavy atom. The van der Waals surface area contributed by atoms with E-state index in [-0.39, 0.29) is 17.6 Å². The number of hydrogen-bond donors (Lipinski definition) is 3. The summed E-state index contributed by atoms with van der Waals surface area (Å²) in [7, 11) is 0. The summed E-state index contributed by atoms with van der Waals surface area (Å²) in [5.74, 6) is 0.378. The SMILES string of the molecule is Nc1nc(SCC(=O)Nc2ccc(I)cc2)n[nH]1. The van der Waals surface area contributed by atoms with Crippen LogP contribution in [-0.2, 0) is 4.79 Å². The molecule has 2 rings (SSSR count). The number of H-pyrrole nitrogens is 1. The number of anilines is 2. The number of aromatic amines is 1. The highest BCUT2D eigenvalue weighted by Crippen LogP contribution is 2.15. The van der Waals surface area contributed by atoms with Gasteiger partial charge in [-0.2, -0.15) is 4.98 Å². The summed E-state index contributed by atoms with van der Waals surface area (Å²) in [4.78, 5) is 15.5. The lowest BCUT2D eigenvalue weighted by atomic mass is 10.3. The maximum Gasteiger partial charge on any atom is 0.234 e. The average molecular weight is 375 g/mol. The lowest BCUT2D eigenvalue weighted by Crippen LogP contribution is -2.14. The van der Waals surface area contributed by atoms with Gasteiger partial charge < -0.3 is 11.1 Å². The Hall–Kier alpha value is -1.29. The first-order chi connectivity index (χ1) is 8.63. The number of halogens is 1. The number of aromatic nitrogens is 3. The third kappa shape index (κ3) is 3.88. The van der Waals surface area contributed by atoms with Crippen LogP contribution in [0.3, 0.4) is 0 Å². The zero-order chi connectivity index (χ0) is 13.0. The summed E-state index contributed by atoms with van der Waals surface area (Å²) in [5, 5.41) is 9.59. The molecule has 0 fully saturated rings. The average Bonchev–Trinajstić information content (AvgIpc) is 2.76. The second-order valence-electron chi connectivity index (χ2n) is 3.35. The Kier molecular flexibility index (Phi) is 4.42. The summed E-state index contributed by atoms with van der Waals surface area (Å²) < 4.78 is 1.12. The van der Waals surface area contributed by atoms with Crippen LogP contribution in [0.25, 0.3) is 0 Å². The monoisotopic (exact) mass is 375 g/mol. The van der Waals surface area contributed by atoms with Gasteiger partial charge in [0.1, 0.15) is 0 Å². The number of benzene rings is 1. The fraction of sp³-hybridized carbons (Fsp3) is 0.100. The molecule has 8 heteroatoms. The van der Waals surface area contributed by atoms with Crippen molar-refractivity contribution in [3.05, 3.63) is 27.8 Å². The second kappa shape index (κ2) is 6.05. The molecule has 0 spiro atoms. The predicted molar refractivity (Wildman–Crippen MR) is 79.3 cm³/mol. The van der Waals surface area contributed by atoms with Crippen molar-refractivity contribution in [3.8, 4) is 0 Å². The van der Waals surface area contributed by atoms with Gasteiger partial charge in [0.2, 0.25) is 17.0 Å². The van der Waals surface area contributed by atoms with Crippen LogP contribution >= 0.6 is 34.4 Å². The van der Waals surface area contributed by atoms with Gasteiger partial charge in [-0.3, -0.25) is 4.79 Å². The molecule has 4 N–H and O–H groups in total. The molecule has 94 valence electrons. The number of nitrogens with one attached hydrogen (secondary N) is 2. The number of amides is 1. The molecule has 1 heterocycles. The van der Waals surface area contributed by atoms with E-state index in [1.54, 1.807) is 0 Å². The molecule has 0 radical (unpaired) electrons. The number of nitrogen functional groups attached to an aromatic ring is 1. The normalized spacial score (nSPS) is 10.3. The Balaban J connectivity index is 1.83. The topological polar surface area (TPSA) is 96.7 Å². The van der Waals surface area contributed by atoms with E-state index in [0.717, 1.165) is 9.26 Å². The fourth-order valence-electron chi connectivity index (χ4n) is 1.18. The highest BCUT2D eigenvalue weighted by Gasteiger charge is 2.06. The third-order valence-corrected chi connectivity index (χ3v) is 3.51. The molecule has 0 saturated heterocycles. The van der Waals surface area contributed by atoms with Gasteiger partial charge in [0, 0.05) is 9.26 Å². The lowest BCUT2D eigenvalue weighted by Gasteiger charge is -2.03. The maximum atomic E-state index is 11.6. The Labute approximate surface area is 121 Å². The molecule has 1 aromatic carbocycles. The van der Waals surface area contributed by atoms with Crippen LogP contribution in [0.2, 0.25) is 0 Å². The number of nitrogens with zero attached hydrogens (tertiary/aromatic N) is 2. The van der Waals surface area contributed by atoms with E-state index in [1.807, 2.05) is 24.3 Å². The number of hydrogen-bond acceptors (Lipinski definition) is 5. The number of nitrogens with two attached hydrogens (primary N) is 1. The predicted octanol–water partition coefficient (Wildman–Crippen LogP) is 1.72. The molecule has 0 unspecified atom stereocenters. The number of carbonyl (C=O) groups is 1. The Bertz CT molecular complexity index is 541. The van der Waals surface area contributed by atoms with Crippen LogP contribution in [0, 0.1) is 3.57 Å². The van der Waals surface area contributed by atoms with Gasteiger partial charge in [-0.25, -0.2) is 5.10 Å². The Morgan fingerprint density at radius 3 is 2.78 bits per heavy atom. The zero-order valence-corrected chi connectivity index (χ0v) is 12.2. The minimum atomic E-state index is -0.107. The van der Waals surface area contributed by atoms with E-state index in [2.05, 4.69) is 43.1 Å². The molecule has 1 aromatic heterocycles. The van der Waals surface area contributed by atoms with Crippen molar-refractivity contribution in [2.45, 2.75) is 5.16 Å². The second-order valence-corrected chi connectivity index (χ2v) is 5.54. The summed E-state index contributed by atoms with van der Waals surface area (Å²) in [6.07, 6.45) is 0. The number of thioether (sulfide) groups is 1. The first kappa shape index (κ1) is 13.1. The minimum Gasteiger partial charge on any atom is -0.368 e. The number of rotatable bonds is 4. The summed E-state index contributed by atoms with van der Waals surface area (Å²) >= 11 is 3.43. The lowest BCUT2D eigenvalue weighted by molar-refractivity contribution is -0.113. The van der Waals surface area contributed by atoms with Crippen molar-refractivity contribution in [2.24, 2.45) is 0 Å². The fourth-order valence-corrected chi connectivity index (χ4v) is 2.15. The first-order valence-corrected chi connectivity index (χ1v) is 7.06. The molecule has 6 nitrogen and oxygen atoms in total. The van der Waals surface area contributed by atoms with Gasteiger partial charge in [0.25, 0.3) is 0 Å². The van der Waals surface area contributed by atoms with Crippen molar-refractivity contribution in [1.82, 2.24) is 15.2 Å². The summed E-state index contributed by atoms with van der Waals surface area (Å²) in [6.45, 7) is 0.